The minimum Gasteiger partial charge on any atom is -0.481 e. The Morgan fingerprint density at radius 2 is 2.05 bits per heavy atom. The topological polar surface area (TPSA) is 116 Å². The van der Waals surface area contributed by atoms with Crippen LogP contribution in [0.25, 0.3) is 0 Å². The second kappa shape index (κ2) is 6.17. The van der Waals surface area contributed by atoms with Gasteiger partial charge in [0.2, 0.25) is 0 Å². The second-order valence-electron chi connectivity index (χ2n) is 5.70. The molecule has 0 saturated carbocycles. The minimum atomic E-state index is -3.71. The summed E-state index contributed by atoms with van der Waals surface area (Å²) in [7, 11) is -3.71. The Labute approximate surface area is 124 Å². The van der Waals surface area contributed by atoms with E-state index in [-0.39, 0.29) is 19.6 Å². The Morgan fingerprint density at radius 3 is 2.52 bits per heavy atom. The van der Waals surface area contributed by atoms with Crippen LogP contribution in [0.2, 0.25) is 0 Å². The van der Waals surface area contributed by atoms with Gasteiger partial charge in [0.25, 0.3) is 10.2 Å². The smallest absolute Gasteiger partial charge is 0.306 e. The summed E-state index contributed by atoms with van der Waals surface area (Å²) in [6, 6.07) is 0. The second-order valence-corrected chi connectivity index (χ2v) is 7.46. The lowest BCUT2D eigenvalue weighted by Crippen LogP contribution is -2.52. The molecule has 0 spiro atoms. The molecule has 2 aliphatic rings. The molecule has 0 aromatic rings. The van der Waals surface area contributed by atoms with E-state index in [1.54, 1.807) is 6.92 Å². The summed E-state index contributed by atoms with van der Waals surface area (Å²) in [5.41, 5.74) is -1.19. The third-order valence-corrected chi connectivity index (χ3v) is 5.92. The summed E-state index contributed by atoms with van der Waals surface area (Å²) in [5.74, 6) is -1.37. The van der Waals surface area contributed by atoms with Crippen molar-refractivity contribution in [1.29, 1.82) is 0 Å². The molecular weight excluding hydrogens is 300 g/mol. The van der Waals surface area contributed by atoms with Gasteiger partial charge in [-0.2, -0.15) is 17.4 Å². The molecule has 2 fully saturated rings. The zero-order chi connectivity index (χ0) is 15.7. The quantitative estimate of drug-likeness (QED) is 0.607. The number of ether oxygens (including phenoxy) is 1. The van der Waals surface area contributed by atoms with E-state index in [0.717, 1.165) is 0 Å². The van der Waals surface area contributed by atoms with Crippen LogP contribution in [-0.4, -0.2) is 66.9 Å². The summed E-state index contributed by atoms with van der Waals surface area (Å²) in [6.45, 7) is 2.37. The van der Waals surface area contributed by atoms with Crippen molar-refractivity contribution < 1.29 is 28.2 Å². The van der Waals surface area contributed by atoms with Gasteiger partial charge in [-0.25, -0.2) is 0 Å². The summed E-state index contributed by atoms with van der Waals surface area (Å²) in [4.78, 5) is 10.9. The summed E-state index contributed by atoms with van der Waals surface area (Å²) < 4.78 is 33.3. The molecule has 0 radical (unpaired) electrons. The van der Waals surface area contributed by atoms with Crippen LogP contribution in [0.3, 0.4) is 0 Å². The van der Waals surface area contributed by atoms with Gasteiger partial charge >= 0.3 is 5.97 Å². The van der Waals surface area contributed by atoms with Gasteiger partial charge in [-0.05, 0) is 19.8 Å². The van der Waals surface area contributed by atoms with Gasteiger partial charge < -0.3 is 14.9 Å². The number of carboxylic acid groups (broad SMARTS) is 1. The maximum Gasteiger partial charge on any atom is 0.306 e. The maximum absolute atomic E-state index is 12.2. The Balaban J connectivity index is 1.89. The van der Waals surface area contributed by atoms with E-state index in [1.165, 1.54) is 4.31 Å². The van der Waals surface area contributed by atoms with Gasteiger partial charge in [-0.3, -0.25) is 4.79 Å². The number of aliphatic hydroxyl groups is 1. The van der Waals surface area contributed by atoms with Crippen molar-refractivity contribution in [3.05, 3.63) is 0 Å². The standard InChI is InChI=1S/C12H22N2O6S/c1-9-12(17,4-7-20-9)8-13-21(18,19)14-5-2-10(3-6-14)11(15)16/h9-10,13,17H,2-8H2,1H3,(H,15,16). The molecule has 2 aliphatic heterocycles. The van der Waals surface area contributed by atoms with Gasteiger partial charge in [0.1, 0.15) is 5.60 Å². The van der Waals surface area contributed by atoms with E-state index in [1.807, 2.05) is 0 Å². The average molecular weight is 322 g/mol. The molecular formula is C12H22N2O6S. The number of piperidine rings is 1. The van der Waals surface area contributed by atoms with E-state index in [2.05, 4.69) is 4.72 Å². The third-order valence-electron chi connectivity index (χ3n) is 4.36. The molecule has 0 bridgehead atoms. The molecule has 3 N–H and O–H groups in total. The summed E-state index contributed by atoms with van der Waals surface area (Å²) in [5, 5.41) is 19.2. The molecule has 0 amide bonds. The Bertz CT molecular complexity index is 488. The first-order chi connectivity index (χ1) is 9.74. The highest BCUT2D eigenvalue weighted by Crippen LogP contribution is 2.25. The molecule has 2 rings (SSSR count). The fourth-order valence-electron chi connectivity index (χ4n) is 2.65. The fourth-order valence-corrected chi connectivity index (χ4v) is 3.96. The van der Waals surface area contributed by atoms with Crippen molar-refractivity contribution in [2.75, 3.05) is 26.2 Å². The van der Waals surface area contributed by atoms with Crippen molar-refractivity contribution in [2.45, 2.75) is 37.9 Å². The fraction of sp³-hybridized carbons (Fsp3) is 0.917. The number of nitrogens with one attached hydrogen (secondary N) is 1. The molecule has 9 heteroatoms. The van der Waals surface area contributed by atoms with Crippen LogP contribution in [0.4, 0.5) is 0 Å². The Morgan fingerprint density at radius 1 is 1.43 bits per heavy atom. The van der Waals surface area contributed by atoms with Gasteiger partial charge in [0.05, 0.1) is 12.0 Å². The van der Waals surface area contributed by atoms with Crippen molar-refractivity contribution in [2.24, 2.45) is 5.92 Å². The first-order valence-corrected chi connectivity index (χ1v) is 8.50. The van der Waals surface area contributed by atoms with E-state index >= 15 is 0 Å². The highest BCUT2D eigenvalue weighted by molar-refractivity contribution is 7.87. The van der Waals surface area contributed by atoms with Crippen LogP contribution >= 0.6 is 0 Å². The van der Waals surface area contributed by atoms with Crippen molar-refractivity contribution in [1.82, 2.24) is 9.03 Å². The van der Waals surface area contributed by atoms with Crippen LogP contribution < -0.4 is 4.72 Å². The molecule has 21 heavy (non-hydrogen) atoms. The molecule has 0 aromatic heterocycles. The van der Waals surface area contributed by atoms with E-state index < -0.39 is 33.8 Å². The molecule has 8 nitrogen and oxygen atoms in total. The lowest BCUT2D eigenvalue weighted by molar-refractivity contribution is -0.142. The molecule has 0 aliphatic carbocycles. The van der Waals surface area contributed by atoms with Crippen molar-refractivity contribution in [3.63, 3.8) is 0 Å². The average Bonchev–Trinajstić information content (AvgIpc) is 2.77. The van der Waals surface area contributed by atoms with Gasteiger partial charge in [-0.1, -0.05) is 0 Å². The molecule has 0 aromatic carbocycles. The normalized spacial score (nSPS) is 32.4. The number of carboxylic acids is 1. The van der Waals surface area contributed by atoms with E-state index in [9.17, 15) is 18.3 Å². The Hall–Kier alpha value is -0.740. The zero-order valence-electron chi connectivity index (χ0n) is 12.0. The highest BCUT2D eigenvalue weighted by atomic mass is 32.2. The van der Waals surface area contributed by atoms with Gasteiger partial charge in [-0.15, -0.1) is 0 Å². The van der Waals surface area contributed by atoms with Crippen LogP contribution in [0.5, 0.6) is 0 Å². The number of hydrogen-bond acceptors (Lipinski definition) is 5. The largest absolute Gasteiger partial charge is 0.481 e. The van der Waals surface area contributed by atoms with Crippen LogP contribution in [0.1, 0.15) is 26.2 Å². The number of carbonyl (C=O) groups is 1. The van der Waals surface area contributed by atoms with Crippen molar-refractivity contribution >= 4 is 16.2 Å². The monoisotopic (exact) mass is 322 g/mol. The Kier molecular flexibility index (Phi) is 4.89. The number of nitrogens with zero attached hydrogens (tertiary/aromatic N) is 1. The SMILES string of the molecule is CC1OCCC1(O)CNS(=O)(=O)N1CCC(C(=O)O)CC1. The third kappa shape index (κ3) is 3.72. The zero-order valence-corrected chi connectivity index (χ0v) is 12.8. The number of aliphatic carboxylic acids is 1. The first kappa shape index (κ1) is 16.6. The molecule has 2 atom stereocenters. The summed E-state index contributed by atoms with van der Waals surface area (Å²) >= 11 is 0. The first-order valence-electron chi connectivity index (χ1n) is 7.06. The molecule has 2 heterocycles. The predicted molar refractivity (Wildman–Crippen MR) is 73.8 cm³/mol. The van der Waals surface area contributed by atoms with Crippen LogP contribution in [0.15, 0.2) is 0 Å². The predicted octanol–water partition coefficient (Wildman–Crippen LogP) is -0.843. The van der Waals surface area contributed by atoms with Crippen LogP contribution in [0, 0.1) is 5.92 Å². The van der Waals surface area contributed by atoms with E-state index in [0.29, 0.717) is 25.9 Å². The van der Waals surface area contributed by atoms with Crippen molar-refractivity contribution in [3.8, 4) is 0 Å². The minimum absolute atomic E-state index is 0.102. The van der Waals surface area contributed by atoms with Crippen LogP contribution in [-0.2, 0) is 19.7 Å². The number of hydrogen-bond donors (Lipinski definition) is 3. The molecule has 2 saturated heterocycles. The van der Waals surface area contributed by atoms with Gasteiger partial charge in [0, 0.05) is 32.7 Å². The maximum atomic E-state index is 12.2. The van der Waals surface area contributed by atoms with Gasteiger partial charge in [0.15, 0.2) is 0 Å². The number of rotatable bonds is 5. The molecule has 2 unspecified atom stereocenters. The lowest BCUT2D eigenvalue weighted by Gasteiger charge is -2.31. The highest BCUT2D eigenvalue weighted by Gasteiger charge is 2.41. The lowest BCUT2D eigenvalue weighted by atomic mass is 9.97. The van der Waals surface area contributed by atoms with E-state index in [4.69, 9.17) is 9.84 Å². The summed E-state index contributed by atoms with van der Waals surface area (Å²) in [6.07, 6.45) is 0.579. The molecule has 122 valence electrons.